The molecular weight excluding hydrogens is 166 g/mol. The van der Waals surface area contributed by atoms with Crippen LogP contribution in [0.5, 0.6) is 0 Å². The van der Waals surface area contributed by atoms with Crippen LogP contribution in [0.15, 0.2) is 18.6 Å². The fraction of sp³-hybridized carbons (Fsp3) is 0.556. The number of methoxy groups -OCH3 is 1. The van der Waals surface area contributed by atoms with Gasteiger partial charge in [0.1, 0.15) is 6.33 Å². The van der Waals surface area contributed by atoms with E-state index in [1.165, 1.54) is 0 Å². The molecule has 0 saturated heterocycles. The summed E-state index contributed by atoms with van der Waals surface area (Å²) in [7, 11) is 1.71. The molecule has 4 heteroatoms. The van der Waals surface area contributed by atoms with E-state index < -0.39 is 0 Å². The van der Waals surface area contributed by atoms with Gasteiger partial charge in [0.2, 0.25) is 0 Å². The highest BCUT2D eigenvalue weighted by Gasteiger charge is 1.91. The van der Waals surface area contributed by atoms with Gasteiger partial charge in [-0.25, -0.2) is 9.97 Å². The predicted molar refractivity (Wildman–Crippen MR) is 50.2 cm³/mol. The van der Waals surface area contributed by atoms with Gasteiger partial charge in [-0.1, -0.05) is 0 Å². The van der Waals surface area contributed by atoms with Gasteiger partial charge in [-0.3, -0.25) is 0 Å². The molecule has 0 aliphatic heterocycles. The number of nitrogens with one attached hydrogen (secondary N) is 1. The first-order valence-electron chi connectivity index (χ1n) is 4.38. The molecule has 1 aromatic heterocycles. The van der Waals surface area contributed by atoms with Crippen LogP contribution >= 0.6 is 0 Å². The molecular formula is C9H15N3O. The highest BCUT2D eigenvalue weighted by atomic mass is 16.5. The van der Waals surface area contributed by atoms with Crippen molar-refractivity contribution in [2.24, 2.45) is 0 Å². The Hall–Kier alpha value is -1.00. The number of hydrogen-bond donors (Lipinski definition) is 1. The standard InChI is InChI=1S/C9H15N3O/c1-13-6-2-4-10-7-9-3-5-11-8-12-9/h3,5,8,10H,2,4,6-7H2,1H3. The van der Waals surface area contributed by atoms with E-state index in [0.29, 0.717) is 0 Å². The molecule has 0 aromatic carbocycles. The number of ether oxygens (including phenoxy) is 1. The molecule has 0 bridgehead atoms. The van der Waals surface area contributed by atoms with Crippen LogP contribution in [-0.4, -0.2) is 30.2 Å². The lowest BCUT2D eigenvalue weighted by Crippen LogP contribution is -2.16. The lowest BCUT2D eigenvalue weighted by Gasteiger charge is -2.02. The van der Waals surface area contributed by atoms with Gasteiger partial charge in [-0.15, -0.1) is 0 Å². The Morgan fingerprint density at radius 2 is 2.46 bits per heavy atom. The van der Waals surface area contributed by atoms with Crippen LogP contribution in [0.4, 0.5) is 0 Å². The summed E-state index contributed by atoms with van der Waals surface area (Å²) in [5, 5.41) is 3.27. The van der Waals surface area contributed by atoms with Crippen LogP contribution in [0.1, 0.15) is 12.1 Å². The fourth-order valence-corrected chi connectivity index (χ4v) is 0.981. The summed E-state index contributed by atoms with van der Waals surface area (Å²) in [6.07, 6.45) is 4.34. The summed E-state index contributed by atoms with van der Waals surface area (Å²) < 4.78 is 4.93. The molecule has 1 rings (SSSR count). The Bertz CT molecular complexity index is 215. The zero-order valence-electron chi connectivity index (χ0n) is 7.86. The SMILES string of the molecule is COCCCNCc1ccncn1. The van der Waals surface area contributed by atoms with E-state index in [9.17, 15) is 0 Å². The molecule has 0 fully saturated rings. The van der Waals surface area contributed by atoms with Gasteiger partial charge in [0, 0.05) is 26.5 Å². The second-order valence-electron chi connectivity index (χ2n) is 2.72. The third-order valence-electron chi connectivity index (χ3n) is 1.65. The highest BCUT2D eigenvalue weighted by Crippen LogP contribution is 1.89. The largest absolute Gasteiger partial charge is 0.385 e. The van der Waals surface area contributed by atoms with E-state index >= 15 is 0 Å². The predicted octanol–water partition coefficient (Wildman–Crippen LogP) is 0.603. The van der Waals surface area contributed by atoms with Crippen molar-refractivity contribution < 1.29 is 4.74 Å². The molecule has 0 aliphatic rings. The number of rotatable bonds is 6. The fourth-order valence-electron chi connectivity index (χ4n) is 0.981. The van der Waals surface area contributed by atoms with E-state index in [2.05, 4.69) is 15.3 Å². The van der Waals surface area contributed by atoms with Crippen molar-refractivity contribution in [1.29, 1.82) is 0 Å². The molecule has 1 heterocycles. The summed E-state index contributed by atoms with van der Waals surface area (Å²) in [5.74, 6) is 0. The van der Waals surface area contributed by atoms with Crippen molar-refractivity contribution in [1.82, 2.24) is 15.3 Å². The first kappa shape index (κ1) is 10.1. The molecule has 0 saturated carbocycles. The first-order chi connectivity index (χ1) is 6.43. The average Bonchev–Trinajstić information content (AvgIpc) is 2.19. The highest BCUT2D eigenvalue weighted by molar-refractivity contribution is 4.96. The Morgan fingerprint density at radius 3 is 3.15 bits per heavy atom. The summed E-state index contributed by atoms with van der Waals surface area (Å²) in [6.45, 7) is 2.56. The minimum Gasteiger partial charge on any atom is -0.385 e. The quantitative estimate of drug-likeness (QED) is 0.653. The summed E-state index contributed by atoms with van der Waals surface area (Å²) in [6, 6.07) is 1.91. The van der Waals surface area contributed by atoms with Crippen molar-refractivity contribution in [2.45, 2.75) is 13.0 Å². The van der Waals surface area contributed by atoms with Crippen LogP contribution in [0.2, 0.25) is 0 Å². The zero-order chi connectivity index (χ0) is 9.36. The van der Waals surface area contributed by atoms with Crippen molar-refractivity contribution in [3.8, 4) is 0 Å². The molecule has 0 amide bonds. The molecule has 0 aliphatic carbocycles. The number of nitrogens with zero attached hydrogens (tertiary/aromatic N) is 2. The Balaban J connectivity index is 2.07. The third kappa shape index (κ3) is 4.55. The lowest BCUT2D eigenvalue weighted by molar-refractivity contribution is 0.194. The maximum Gasteiger partial charge on any atom is 0.115 e. The van der Waals surface area contributed by atoms with Gasteiger partial charge in [0.25, 0.3) is 0 Å². The topological polar surface area (TPSA) is 47.0 Å². The molecule has 0 unspecified atom stereocenters. The van der Waals surface area contributed by atoms with Gasteiger partial charge in [-0.2, -0.15) is 0 Å². The van der Waals surface area contributed by atoms with E-state index in [4.69, 9.17) is 4.74 Å². The summed E-state index contributed by atoms with van der Waals surface area (Å²) >= 11 is 0. The van der Waals surface area contributed by atoms with Gasteiger partial charge in [0.05, 0.1) is 5.69 Å². The van der Waals surface area contributed by atoms with E-state index in [1.807, 2.05) is 6.07 Å². The molecule has 1 aromatic rings. The van der Waals surface area contributed by atoms with Crippen molar-refractivity contribution in [3.05, 3.63) is 24.3 Å². The Labute approximate surface area is 78.4 Å². The van der Waals surface area contributed by atoms with Gasteiger partial charge < -0.3 is 10.1 Å². The monoisotopic (exact) mass is 181 g/mol. The van der Waals surface area contributed by atoms with Crippen molar-refractivity contribution in [3.63, 3.8) is 0 Å². The first-order valence-corrected chi connectivity index (χ1v) is 4.38. The molecule has 13 heavy (non-hydrogen) atoms. The van der Waals surface area contributed by atoms with Gasteiger partial charge >= 0.3 is 0 Å². The maximum atomic E-state index is 4.93. The van der Waals surface area contributed by atoms with E-state index in [1.54, 1.807) is 19.6 Å². The van der Waals surface area contributed by atoms with Crippen LogP contribution in [-0.2, 0) is 11.3 Å². The molecule has 72 valence electrons. The van der Waals surface area contributed by atoms with Crippen LogP contribution in [0, 0.1) is 0 Å². The summed E-state index contributed by atoms with van der Waals surface area (Å²) in [5.41, 5.74) is 1.02. The maximum absolute atomic E-state index is 4.93. The van der Waals surface area contributed by atoms with Crippen molar-refractivity contribution in [2.75, 3.05) is 20.3 Å². The number of hydrogen-bond acceptors (Lipinski definition) is 4. The van der Waals surface area contributed by atoms with E-state index in [-0.39, 0.29) is 0 Å². The Kier molecular flexibility index (Phi) is 5.05. The normalized spacial score (nSPS) is 10.2. The van der Waals surface area contributed by atoms with Crippen LogP contribution in [0.3, 0.4) is 0 Å². The zero-order valence-corrected chi connectivity index (χ0v) is 7.86. The van der Waals surface area contributed by atoms with Gasteiger partial charge in [0.15, 0.2) is 0 Å². The van der Waals surface area contributed by atoms with Gasteiger partial charge in [-0.05, 0) is 19.0 Å². The number of aromatic nitrogens is 2. The molecule has 0 spiro atoms. The second-order valence-corrected chi connectivity index (χ2v) is 2.72. The molecule has 0 radical (unpaired) electrons. The lowest BCUT2D eigenvalue weighted by atomic mass is 10.4. The Morgan fingerprint density at radius 1 is 1.54 bits per heavy atom. The second kappa shape index (κ2) is 6.51. The smallest absolute Gasteiger partial charge is 0.115 e. The van der Waals surface area contributed by atoms with Crippen LogP contribution in [0.25, 0.3) is 0 Å². The van der Waals surface area contributed by atoms with Crippen LogP contribution < -0.4 is 5.32 Å². The molecule has 4 nitrogen and oxygen atoms in total. The third-order valence-corrected chi connectivity index (χ3v) is 1.65. The average molecular weight is 181 g/mol. The van der Waals surface area contributed by atoms with E-state index in [0.717, 1.165) is 31.8 Å². The minimum absolute atomic E-state index is 0.798. The molecule has 1 N–H and O–H groups in total. The molecule has 0 atom stereocenters. The van der Waals surface area contributed by atoms with Crippen molar-refractivity contribution >= 4 is 0 Å². The minimum atomic E-state index is 0.798. The summed E-state index contributed by atoms with van der Waals surface area (Å²) in [4.78, 5) is 7.94.